The van der Waals surface area contributed by atoms with E-state index in [2.05, 4.69) is 24.4 Å². The highest BCUT2D eigenvalue weighted by Crippen LogP contribution is 2.35. The van der Waals surface area contributed by atoms with Gasteiger partial charge in [-0.3, -0.25) is 0 Å². The first-order valence-corrected chi connectivity index (χ1v) is 7.54. The summed E-state index contributed by atoms with van der Waals surface area (Å²) in [5.74, 6) is 0.924. The second kappa shape index (κ2) is 6.42. The predicted octanol–water partition coefficient (Wildman–Crippen LogP) is 4.42. The Bertz CT molecular complexity index is 553. The number of thiophene rings is 1. The molecule has 2 rings (SSSR count). The van der Waals surface area contributed by atoms with Crippen LogP contribution in [0.25, 0.3) is 0 Å². The fourth-order valence-electron chi connectivity index (χ4n) is 2.04. The van der Waals surface area contributed by atoms with Crippen molar-refractivity contribution in [3.8, 4) is 5.75 Å². The van der Waals surface area contributed by atoms with Crippen LogP contribution in [0.4, 0.5) is 0 Å². The zero-order valence-corrected chi connectivity index (χ0v) is 12.9. The molecule has 0 saturated heterocycles. The summed E-state index contributed by atoms with van der Waals surface area (Å²) in [6.07, 6.45) is 0. The normalized spacial score (nSPS) is 12.4. The quantitative estimate of drug-likeness (QED) is 0.882. The third-order valence-corrected chi connectivity index (χ3v) is 4.45. The van der Waals surface area contributed by atoms with Gasteiger partial charge < -0.3 is 10.1 Å². The van der Waals surface area contributed by atoms with E-state index in [1.165, 1.54) is 10.4 Å². The molecule has 19 heavy (non-hydrogen) atoms. The van der Waals surface area contributed by atoms with Gasteiger partial charge in [-0.1, -0.05) is 30.7 Å². The number of hydrogen-bond acceptors (Lipinski definition) is 3. The number of methoxy groups -OCH3 is 1. The highest BCUT2D eigenvalue weighted by Gasteiger charge is 2.19. The molecular weight excluding hydrogens is 278 g/mol. The largest absolute Gasteiger partial charge is 0.496 e. The van der Waals surface area contributed by atoms with Crippen LogP contribution in [0.15, 0.2) is 29.6 Å². The minimum atomic E-state index is 0.123. The van der Waals surface area contributed by atoms with E-state index in [0.717, 1.165) is 22.9 Å². The summed E-state index contributed by atoms with van der Waals surface area (Å²) < 4.78 is 5.43. The van der Waals surface area contributed by atoms with Crippen molar-refractivity contribution < 1.29 is 4.74 Å². The molecule has 0 saturated carbocycles. The molecule has 0 aliphatic rings. The Morgan fingerprint density at radius 1 is 1.37 bits per heavy atom. The van der Waals surface area contributed by atoms with Gasteiger partial charge in [0.1, 0.15) is 5.75 Å². The van der Waals surface area contributed by atoms with Gasteiger partial charge >= 0.3 is 0 Å². The third-order valence-electron chi connectivity index (χ3n) is 3.08. The summed E-state index contributed by atoms with van der Waals surface area (Å²) in [5, 5.41) is 6.35. The maximum Gasteiger partial charge on any atom is 0.134 e. The number of ether oxygens (including phenoxy) is 1. The molecule has 0 fully saturated rings. The number of rotatable bonds is 5. The van der Waals surface area contributed by atoms with Crippen molar-refractivity contribution >= 4 is 22.9 Å². The highest BCUT2D eigenvalue weighted by molar-refractivity contribution is 7.10. The molecule has 0 amide bonds. The van der Waals surface area contributed by atoms with Gasteiger partial charge in [0.15, 0.2) is 0 Å². The summed E-state index contributed by atoms with van der Waals surface area (Å²) >= 11 is 7.93. The Kier molecular flexibility index (Phi) is 4.86. The van der Waals surface area contributed by atoms with E-state index in [-0.39, 0.29) is 6.04 Å². The first-order valence-electron chi connectivity index (χ1n) is 6.28. The van der Waals surface area contributed by atoms with Crippen LogP contribution < -0.4 is 10.1 Å². The number of hydrogen-bond donors (Lipinski definition) is 1. The Labute approximate surface area is 123 Å². The van der Waals surface area contributed by atoms with E-state index in [9.17, 15) is 0 Å². The minimum Gasteiger partial charge on any atom is -0.496 e. The maximum absolute atomic E-state index is 6.24. The van der Waals surface area contributed by atoms with Crippen molar-refractivity contribution in [2.24, 2.45) is 0 Å². The first kappa shape index (κ1) is 14.4. The van der Waals surface area contributed by atoms with Crippen molar-refractivity contribution in [2.45, 2.75) is 19.9 Å². The number of aryl methyl sites for hydroxylation is 1. The van der Waals surface area contributed by atoms with Crippen molar-refractivity contribution in [2.75, 3.05) is 13.7 Å². The molecule has 0 radical (unpaired) electrons. The molecule has 4 heteroatoms. The molecule has 1 aromatic heterocycles. The van der Waals surface area contributed by atoms with Crippen molar-refractivity contribution in [3.05, 3.63) is 50.7 Å². The van der Waals surface area contributed by atoms with Crippen LogP contribution in [0.2, 0.25) is 5.02 Å². The van der Waals surface area contributed by atoms with Crippen molar-refractivity contribution in [1.82, 2.24) is 5.32 Å². The Balaban J connectivity index is 2.42. The second-order valence-corrected chi connectivity index (χ2v) is 5.71. The molecule has 0 spiro atoms. The Morgan fingerprint density at radius 3 is 2.79 bits per heavy atom. The number of halogens is 1. The first-order chi connectivity index (χ1) is 9.17. The summed E-state index contributed by atoms with van der Waals surface area (Å²) in [7, 11) is 1.71. The number of benzene rings is 1. The predicted molar refractivity (Wildman–Crippen MR) is 82.6 cm³/mol. The molecule has 1 unspecified atom stereocenters. The van der Waals surface area contributed by atoms with Crippen LogP contribution in [0.1, 0.15) is 29.0 Å². The molecule has 0 aliphatic carbocycles. The molecule has 0 bridgehead atoms. The molecule has 1 heterocycles. The number of nitrogens with one attached hydrogen (secondary N) is 1. The SMILES string of the molecule is CCNC(c1ccc(C)c(Cl)c1)c1sccc1OC. The van der Waals surface area contributed by atoms with Crippen LogP contribution in [-0.2, 0) is 0 Å². The van der Waals surface area contributed by atoms with E-state index >= 15 is 0 Å². The summed E-state index contributed by atoms with van der Waals surface area (Å²) in [6, 6.07) is 8.33. The molecule has 1 aromatic carbocycles. The van der Waals surface area contributed by atoms with Gasteiger partial charge in [-0.15, -0.1) is 11.3 Å². The van der Waals surface area contributed by atoms with Gasteiger partial charge in [-0.2, -0.15) is 0 Å². The van der Waals surface area contributed by atoms with Gasteiger partial charge in [0.25, 0.3) is 0 Å². The van der Waals surface area contributed by atoms with Gasteiger partial charge in [0, 0.05) is 5.02 Å². The molecule has 2 nitrogen and oxygen atoms in total. The van der Waals surface area contributed by atoms with Crippen LogP contribution in [0.3, 0.4) is 0 Å². The molecule has 1 atom stereocenters. The van der Waals surface area contributed by atoms with E-state index in [1.54, 1.807) is 18.4 Å². The van der Waals surface area contributed by atoms with Crippen LogP contribution >= 0.6 is 22.9 Å². The Morgan fingerprint density at radius 2 is 2.16 bits per heavy atom. The van der Waals surface area contributed by atoms with E-state index in [4.69, 9.17) is 16.3 Å². The van der Waals surface area contributed by atoms with Gasteiger partial charge in [0.2, 0.25) is 0 Å². The molecule has 0 aliphatic heterocycles. The zero-order chi connectivity index (χ0) is 13.8. The fourth-order valence-corrected chi connectivity index (χ4v) is 3.19. The average Bonchev–Trinajstić information content (AvgIpc) is 2.87. The van der Waals surface area contributed by atoms with Crippen molar-refractivity contribution in [3.63, 3.8) is 0 Å². The van der Waals surface area contributed by atoms with Gasteiger partial charge in [-0.25, -0.2) is 0 Å². The lowest BCUT2D eigenvalue weighted by molar-refractivity contribution is 0.408. The molecule has 2 aromatic rings. The lowest BCUT2D eigenvalue weighted by atomic mass is 10.0. The summed E-state index contributed by atoms with van der Waals surface area (Å²) in [6.45, 7) is 5.00. The molecule has 1 N–H and O–H groups in total. The second-order valence-electron chi connectivity index (χ2n) is 4.35. The third kappa shape index (κ3) is 3.11. The van der Waals surface area contributed by atoms with E-state index in [0.29, 0.717) is 0 Å². The average molecular weight is 296 g/mol. The lowest BCUT2D eigenvalue weighted by Crippen LogP contribution is -2.21. The fraction of sp³-hybridized carbons (Fsp3) is 0.333. The van der Waals surface area contributed by atoms with Gasteiger partial charge in [0.05, 0.1) is 18.0 Å². The highest BCUT2D eigenvalue weighted by atomic mass is 35.5. The lowest BCUT2D eigenvalue weighted by Gasteiger charge is -2.19. The van der Waals surface area contributed by atoms with Crippen molar-refractivity contribution in [1.29, 1.82) is 0 Å². The van der Waals surface area contributed by atoms with E-state index in [1.807, 2.05) is 24.4 Å². The smallest absolute Gasteiger partial charge is 0.134 e. The van der Waals surface area contributed by atoms with Crippen LogP contribution in [0.5, 0.6) is 5.75 Å². The summed E-state index contributed by atoms with van der Waals surface area (Å²) in [4.78, 5) is 1.18. The topological polar surface area (TPSA) is 21.3 Å². The summed E-state index contributed by atoms with van der Waals surface area (Å²) in [5.41, 5.74) is 2.26. The standard InChI is InChI=1S/C15H18ClNOS/c1-4-17-14(15-13(18-3)7-8-19-15)11-6-5-10(2)12(16)9-11/h5-9,14,17H,4H2,1-3H3. The van der Waals surface area contributed by atoms with E-state index < -0.39 is 0 Å². The molecular formula is C15H18ClNOS. The monoisotopic (exact) mass is 295 g/mol. The van der Waals surface area contributed by atoms with Crippen LogP contribution in [0, 0.1) is 6.92 Å². The maximum atomic E-state index is 6.24. The Hall–Kier alpha value is -1.03. The van der Waals surface area contributed by atoms with Crippen LogP contribution in [-0.4, -0.2) is 13.7 Å². The molecule has 102 valence electrons. The zero-order valence-electron chi connectivity index (χ0n) is 11.4. The minimum absolute atomic E-state index is 0.123. The van der Waals surface area contributed by atoms with Gasteiger partial charge in [-0.05, 0) is 42.1 Å².